The summed E-state index contributed by atoms with van der Waals surface area (Å²) in [7, 11) is 0. The second kappa shape index (κ2) is 11.6. The van der Waals surface area contributed by atoms with Crippen LogP contribution in [0.4, 0.5) is 0 Å². The number of rotatable bonds is 10. The molecule has 2 N–H and O–H groups in total. The van der Waals surface area contributed by atoms with Gasteiger partial charge in [0.2, 0.25) is 0 Å². The summed E-state index contributed by atoms with van der Waals surface area (Å²) in [6.07, 6.45) is 7.03. The van der Waals surface area contributed by atoms with Gasteiger partial charge in [0, 0.05) is 19.5 Å². The number of furan rings is 1. The number of nitrogens with zero attached hydrogens (tertiary/aromatic N) is 1. The Morgan fingerprint density at radius 1 is 1.16 bits per heavy atom. The summed E-state index contributed by atoms with van der Waals surface area (Å²) in [5, 5.41) is 6.93. The Morgan fingerprint density at radius 3 is 2.72 bits per heavy atom. The number of unbranched alkanes of at least 4 members (excludes halogenated alkanes) is 1. The first kappa shape index (κ1) is 19.4. The van der Waals surface area contributed by atoms with Gasteiger partial charge in [-0.1, -0.05) is 30.3 Å². The van der Waals surface area contributed by atoms with E-state index in [0.29, 0.717) is 0 Å². The Morgan fingerprint density at radius 2 is 2.00 bits per heavy atom. The van der Waals surface area contributed by atoms with Crippen molar-refractivity contribution in [3.8, 4) is 0 Å². The lowest BCUT2D eigenvalue weighted by molar-refractivity contribution is 0.506. The molecule has 1 heterocycles. The minimum absolute atomic E-state index is 0.210. The van der Waals surface area contributed by atoms with Crippen molar-refractivity contribution in [1.29, 1.82) is 0 Å². The standard InChI is InChI=1S/C20H29N3OS/c1-17(18-9-4-3-5-10-18)23-20(21-13-6-7-16-25-2)22-14-12-19-11-8-15-24-19/h3-5,8-11,15,17H,6-7,12-14,16H2,1-2H3,(H2,21,22,23). The molecular formula is C20H29N3OS. The summed E-state index contributed by atoms with van der Waals surface area (Å²) in [5.41, 5.74) is 1.26. The van der Waals surface area contributed by atoms with Gasteiger partial charge in [0.15, 0.2) is 5.96 Å². The predicted octanol–water partition coefficient (Wildman–Crippen LogP) is 4.26. The van der Waals surface area contributed by atoms with Crippen LogP contribution < -0.4 is 10.6 Å². The first-order chi connectivity index (χ1) is 12.3. The third-order valence-corrected chi connectivity index (χ3v) is 4.62. The lowest BCUT2D eigenvalue weighted by atomic mass is 10.1. The second-order valence-electron chi connectivity index (χ2n) is 5.96. The Bertz CT molecular complexity index is 599. The van der Waals surface area contributed by atoms with Crippen molar-refractivity contribution in [2.75, 3.05) is 25.1 Å². The van der Waals surface area contributed by atoms with Gasteiger partial charge in [-0.15, -0.1) is 0 Å². The maximum Gasteiger partial charge on any atom is 0.191 e. The van der Waals surface area contributed by atoms with Crippen LogP contribution in [0.5, 0.6) is 0 Å². The van der Waals surface area contributed by atoms with Crippen molar-refractivity contribution in [2.45, 2.75) is 32.2 Å². The van der Waals surface area contributed by atoms with Crippen molar-refractivity contribution in [3.63, 3.8) is 0 Å². The zero-order chi connectivity index (χ0) is 17.7. The van der Waals surface area contributed by atoms with Crippen LogP contribution in [0.2, 0.25) is 0 Å². The van der Waals surface area contributed by atoms with Gasteiger partial charge >= 0.3 is 0 Å². The molecule has 0 aliphatic carbocycles. The largest absolute Gasteiger partial charge is 0.469 e. The van der Waals surface area contributed by atoms with E-state index in [2.05, 4.69) is 48.1 Å². The Labute approximate surface area is 155 Å². The zero-order valence-corrected chi connectivity index (χ0v) is 16.0. The average molecular weight is 360 g/mol. The minimum Gasteiger partial charge on any atom is -0.469 e. The van der Waals surface area contributed by atoms with Gasteiger partial charge in [0.1, 0.15) is 5.76 Å². The third-order valence-electron chi connectivity index (χ3n) is 3.92. The SMILES string of the molecule is CSCCCCN=C(NCCc1ccco1)NC(C)c1ccccc1. The molecular weight excluding hydrogens is 330 g/mol. The van der Waals surface area contributed by atoms with E-state index in [4.69, 9.17) is 9.41 Å². The van der Waals surface area contributed by atoms with Crippen molar-refractivity contribution >= 4 is 17.7 Å². The van der Waals surface area contributed by atoms with E-state index in [1.807, 2.05) is 30.0 Å². The molecule has 0 spiro atoms. The zero-order valence-electron chi connectivity index (χ0n) is 15.2. The molecule has 0 saturated carbocycles. The van der Waals surface area contributed by atoms with E-state index >= 15 is 0 Å². The smallest absolute Gasteiger partial charge is 0.191 e. The number of guanidine groups is 1. The summed E-state index contributed by atoms with van der Waals surface area (Å²) in [6.45, 7) is 3.80. The van der Waals surface area contributed by atoms with Crippen LogP contribution in [0.1, 0.15) is 37.1 Å². The van der Waals surface area contributed by atoms with E-state index in [-0.39, 0.29) is 6.04 Å². The molecule has 1 atom stereocenters. The molecule has 0 radical (unpaired) electrons. The Hall–Kier alpha value is -1.88. The summed E-state index contributed by atoms with van der Waals surface area (Å²) < 4.78 is 5.39. The molecule has 1 aromatic heterocycles. The van der Waals surface area contributed by atoms with Gasteiger partial charge in [-0.2, -0.15) is 11.8 Å². The van der Waals surface area contributed by atoms with Gasteiger partial charge in [-0.05, 0) is 49.5 Å². The van der Waals surface area contributed by atoms with E-state index in [1.54, 1.807) is 6.26 Å². The molecule has 0 fully saturated rings. The van der Waals surface area contributed by atoms with Gasteiger partial charge < -0.3 is 15.1 Å². The van der Waals surface area contributed by atoms with Crippen LogP contribution in [0.25, 0.3) is 0 Å². The van der Waals surface area contributed by atoms with Crippen molar-refractivity contribution in [1.82, 2.24) is 10.6 Å². The van der Waals surface area contributed by atoms with Crippen LogP contribution in [-0.4, -0.2) is 31.1 Å². The number of aliphatic imine (C=N–C) groups is 1. The van der Waals surface area contributed by atoms with Gasteiger partial charge in [0.25, 0.3) is 0 Å². The molecule has 1 unspecified atom stereocenters. The van der Waals surface area contributed by atoms with Crippen LogP contribution in [-0.2, 0) is 6.42 Å². The summed E-state index contributed by atoms with van der Waals surface area (Å²) >= 11 is 1.89. The fourth-order valence-electron chi connectivity index (χ4n) is 2.49. The summed E-state index contributed by atoms with van der Waals surface area (Å²) in [4.78, 5) is 4.73. The quantitative estimate of drug-likeness (QED) is 0.378. The average Bonchev–Trinajstić information content (AvgIpc) is 3.15. The highest BCUT2D eigenvalue weighted by Gasteiger charge is 2.07. The number of hydrogen-bond acceptors (Lipinski definition) is 3. The Balaban J connectivity index is 1.87. The number of thioether (sulfide) groups is 1. The molecule has 2 rings (SSSR count). The van der Waals surface area contributed by atoms with E-state index in [0.717, 1.165) is 37.7 Å². The molecule has 0 aliphatic heterocycles. The van der Waals surface area contributed by atoms with E-state index in [9.17, 15) is 0 Å². The topological polar surface area (TPSA) is 49.6 Å². The molecule has 25 heavy (non-hydrogen) atoms. The normalized spacial score (nSPS) is 12.8. The highest BCUT2D eigenvalue weighted by molar-refractivity contribution is 7.98. The van der Waals surface area contributed by atoms with Gasteiger partial charge in [-0.25, -0.2) is 0 Å². The summed E-state index contributed by atoms with van der Waals surface area (Å²) in [6, 6.07) is 14.6. The fourth-order valence-corrected chi connectivity index (χ4v) is 2.98. The first-order valence-electron chi connectivity index (χ1n) is 8.90. The molecule has 0 saturated heterocycles. The predicted molar refractivity (Wildman–Crippen MR) is 108 cm³/mol. The van der Waals surface area contributed by atoms with Crippen molar-refractivity contribution in [2.24, 2.45) is 4.99 Å². The molecule has 4 nitrogen and oxygen atoms in total. The number of nitrogens with one attached hydrogen (secondary N) is 2. The third kappa shape index (κ3) is 7.69. The van der Waals surface area contributed by atoms with Crippen LogP contribution >= 0.6 is 11.8 Å². The molecule has 0 amide bonds. The second-order valence-corrected chi connectivity index (χ2v) is 6.95. The maximum atomic E-state index is 5.39. The van der Waals surface area contributed by atoms with Gasteiger partial charge in [-0.3, -0.25) is 4.99 Å². The lowest BCUT2D eigenvalue weighted by Gasteiger charge is -2.18. The minimum atomic E-state index is 0.210. The van der Waals surface area contributed by atoms with Crippen molar-refractivity contribution in [3.05, 3.63) is 60.1 Å². The monoisotopic (exact) mass is 359 g/mol. The van der Waals surface area contributed by atoms with E-state index < -0.39 is 0 Å². The molecule has 2 aromatic rings. The molecule has 1 aromatic carbocycles. The van der Waals surface area contributed by atoms with Crippen LogP contribution in [0.15, 0.2) is 58.1 Å². The number of benzene rings is 1. The molecule has 5 heteroatoms. The van der Waals surface area contributed by atoms with Crippen LogP contribution in [0.3, 0.4) is 0 Å². The first-order valence-corrected chi connectivity index (χ1v) is 10.3. The number of hydrogen-bond donors (Lipinski definition) is 2. The highest BCUT2D eigenvalue weighted by atomic mass is 32.2. The van der Waals surface area contributed by atoms with Crippen molar-refractivity contribution < 1.29 is 4.42 Å². The maximum absolute atomic E-state index is 5.39. The Kier molecular flexibility index (Phi) is 9.05. The molecule has 0 bridgehead atoms. The highest BCUT2D eigenvalue weighted by Crippen LogP contribution is 2.11. The fraction of sp³-hybridized carbons (Fsp3) is 0.450. The lowest BCUT2D eigenvalue weighted by Crippen LogP contribution is -2.39. The van der Waals surface area contributed by atoms with Gasteiger partial charge in [0.05, 0.1) is 12.3 Å². The van der Waals surface area contributed by atoms with E-state index in [1.165, 1.54) is 17.7 Å². The van der Waals surface area contributed by atoms with Crippen LogP contribution in [0, 0.1) is 0 Å². The molecule has 0 aliphatic rings. The summed E-state index contributed by atoms with van der Waals surface area (Å²) in [5.74, 6) is 3.06. The molecule has 136 valence electrons.